The van der Waals surface area contributed by atoms with Crippen LogP contribution in [-0.4, -0.2) is 13.2 Å². The van der Waals surface area contributed by atoms with Gasteiger partial charge in [-0.15, -0.1) is 0 Å². The molecular weight excluding hydrogens is 223 g/mol. The van der Waals surface area contributed by atoms with Crippen LogP contribution in [0.3, 0.4) is 0 Å². The second-order valence-electron chi connectivity index (χ2n) is 2.94. The van der Waals surface area contributed by atoms with Crippen LogP contribution in [0.15, 0.2) is 24.3 Å². The smallest absolute Gasteiger partial charge is 0.127 e. The molecule has 1 aromatic rings. The van der Waals surface area contributed by atoms with Crippen molar-refractivity contribution in [2.24, 2.45) is 0 Å². The van der Waals surface area contributed by atoms with Crippen molar-refractivity contribution < 1.29 is 9.13 Å². The molecule has 0 spiro atoms. The molecule has 0 aliphatic carbocycles. The van der Waals surface area contributed by atoms with E-state index in [2.05, 4.69) is 15.9 Å². The summed E-state index contributed by atoms with van der Waals surface area (Å²) in [7, 11) is 0. The highest BCUT2D eigenvalue weighted by molar-refractivity contribution is 9.09. The Morgan fingerprint density at radius 2 is 2.00 bits per heavy atom. The minimum atomic E-state index is -0.279. The average Bonchev–Trinajstić information content (AvgIpc) is 2.01. The molecular formula is C9H8BrFO. The maximum absolute atomic E-state index is 13.2. The molecule has 3 heteroatoms. The summed E-state index contributed by atoms with van der Waals surface area (Å²) in [6.45, 7) is 1.10. The number of ether oxygens (including phenoxy) is 1. The van der Waals surface area contributed by atoms with Crippen LogP contribution in [0.4, 0.5) is 4.39 Å². The normalized spacial score (nSPS) is 20.2. The highest BCUT2D eigenvalue weighted by atomic mass is 79.9. The lowest BCUT2D eigenvalue weighted by atomic mass is 9.97. The monoisotopic (exact) mass is 230 g/mol. The van der Waals surface area contributed by atoms with E-state index < -0.39 is 0 Å². The van der Waals surface area contributed by atoms with Gasteiger partial charge in [0.15, 0.2) is 0 Å². The Labute approximate surface area is 78.7 Å². The molecule has 0 saturated carbocycles. The molecule has 1 nitrogen and oxygen atoms in total. The van der Waals surface area contributed by atoms with Crippen molar-refractivity contribution >= 4 is 15.9 Å². The van der Waals surface area contributed by atoms with E-state index >= 15 is 0 Å². The van der Waals surface area contributed by atoms with Crippen molar-refractivity contribution in [2.45, 2.75) is 4.32 Å². The van der Waals surface area contributed by atoms with E-state index in [-0.39, 0.29) is 10.1 Å². The van der Waals surface area contributed by atoms with Crippen molar-refractivity contribution in [3.8, 4) is 0 Å². The third kappa shape index (κ3) is 1.17. The summed E-state index contributed by atoms with van der Waals surface area (Å²) in [5, 5.41) is 0. The molecule has 0 unspecified atom stereocenters. The van der Waals surface area contributed by atoms with Crippen LogP contribution in [0, 0.1) is 5.82 Å². The number of halogens is 2. The summed E-state index contributed by atoms with van der Waals surface area (Å²) in [5.74, 6) is -0.169. The predicted octanol–water partition coefficient (Wildman–Crippen LogP) is 2.45. The van der Waals surface area contributed by atoms with Gasteiger partial charge in [-0.05, 0) is 6.07 Å². The zero-order valence-electron chi connectivity index (χ0n) is 6.39. The van der Waals surface area contributed by atoms with Crippen LogP contribution >= 0.6 is 15.9 Å². The van der Waals surface area contributed by atoms with Crippen molar-refractivity contribution in [3.05, 3.63) is 35.6 Å². The van der Waals surface area contributed by atoms with E-state index in [9.17, 15) is 4.39 Å². The molecule has 1 fully saturated rings. The van der Waals surface area contributed by atoms with Gasteiger partial charge in [0.1, 0.15) is 5.82 Å². The van der Waals surface area contributed by atoms with E-state index in [0.29, 0.717) is 18.8 Å². The Morgan fingerprint density at radius 3 is 2.50 bits per heavy atom. The third-order valence-electron chi connectivity index (χ3n) is 2.02. The first kappa shape index (κ1) is 8.20. The molecule has 2 rings (SSSR count). The van der Waals surface area contributed by atoms with Crippen LogP contribution in [0.2, 0.25) is 0 Å². The van der Waals surface area contributed by atoms with E-state index in [1.54, 1.807) is 12.1 Å². The van der Waals surface area contributed by atoms with Crippen LogP contribution in [0.25, 0.3) is 0 Å². The van der Waals surface area contributed by atoms with Gasteiger partial charge in [-0.2, -0.15) is 0 Å². The van der Waals surface area contributed by atoms with Crippen LogP contribution in [0.5, 0.6) is 0 Å². The molecule has 1 aliphatic rings. The minimum absolute atomic E-state index is 0.169. The Morgan fingerprint density at radius 1 is 1.33 bits per heavy atom. The summed E-state index contributed by atoms with van der Waals surface area (Å²) in [5.41, 5.74) is 0.691. The molecule has 0 bridgehead atoms. The number of alkyl halides is 1. The molecule has 1 aromatic carbocycles. The summed E-state index contributed by atoms with van der Waals surface area (Å²) in [6.07, 6.45) is 0. The SMILES string of the molecule is Fc1ccccc1C1(Br)COC1. The van der Waals surface area contributed by atoms with Gasteiger partial charge in [0.05, 0.1) is 17.5 Å². The largest absolute Gasteiger partial charge is 0.378 e. The molecule has 12 heavy (non-hydrogen) atoms. The second-order valence-corrected chi connectivity index (χ2v) is 4.46. The number of rotatable bonds is 1. The van der Waals surface area contributed by atoms with Crippen molar-refractivity contribution in [3.63, 3.8) is 0 Å². The lowest BCUT2D eigenvalue weighted by Crippen LogP contribution is -2.41. The van der Waals surface area contributed by atoms with Gasteiger partial charge in [-0.25, -0.2) is 4.39 Å². The Hall–Kier alpha value is -0.410. The minimum Gasteiger partial charge on any atom is -0.378 e. The maximum Gasteiger partial charge on any atom is 0.127 e. The molecule has 0 radical (unpaired) electrons. The van der Waals surface area contributed by atoms with Crippen LogP contribution in [-0.2, 0) is 9.06 Å². The van der Waals surface area contributed by atoms with Gasteiger partial charge in [0.25, 0.3) is 0 Å². The van der Waals surface area contributed by atoms with Gasteiger partial charge in [0, 0.05) is 5.56 Å². The maximum atomic E-state index is 13.2. The van der Waals surface area contributed by atoms with Gasteiger partial charge in [-0.1, -0.05) is 34.1 Å². The Kier molecular flexibility index (Phi) is 1.93. The standard InChI is InChI=1S/C9H8BrFO/c10-9(5-12-6-9)7-3-1-2-4-8(7)11/h1-4H,5-6H2. The van der Waals surface area contributed by atoms with Gasteiger partial charge in [0.2, 0.25) is 0 Å². The van der Waals surface area contributed by atoms with Gasteiger partial charge >= 0.3 is 0 Å². The molecule has 1 heterocycles. The Bertz CT molecular complexity index is 296. The lowest BCUT2D eigenvalue weighted by molar-refractivity contribution is -0.00843. The first-order chi connectivity index (χ1) is 5.72. The number of hydrogen-bond acceptors (Lipinski definition) is 1. The fourth-order valence-corrected chi connectivity index (χ4v) is 1.91. The van der Waals surface area contributed by atoms with Crippen molar-refractivity contribution in [2.75, 3.05) is 13.2 Å². The average molecular weight is 231 g/mol. The van der Waals surface area contributed by atoms with E-state index in [1.807, 2.05) is 6.07 Å². The molecule has 1 aliphatic heterocycles. The summed E-state index contributed by atoms with van der Waals surface area (Å²) in [4.78, 5) is 0. The predicted molar refractivity (Wildman–Crippen MR) is 47.8 cm³/mol. The Balaban J connectivity index is 2.39. The molecule has 0 N–H and O–H groups in total. The lowest BCUT2D eigenvalue weighted by Gasteiger charge is -2.36. The summed E-state index contributed by atoms with van der Waals surface area (Å²) < 4.78 is 18.0. The summed E-state index contributed by atoms with van der Waals surface area (Å²) >= 11 is 3.46. The highest BCUT2D eigenvalue weighted by Gasteiger charge is 2.39. The zero-order valence-corrected chi connectivity index (χ0v) is 7.97. The second kappa shape index (κ2) is 2.82. The first-order valence-corrected chi connectivity index (χ1v) is 4.53. The van der Waals surface area contributed by atoms with Crippen LogP contribution in [0.1, 0.15) is 5.56 Å². The summed E-state index contributed by atoms with van der Waals surface area (Å²) in [6, 6.07) is 6.78. The highest BCUT2D eigenvalue weighted by Crippen LogP contribution is 2.39. The molecule has 64 valence electrons. The van der Waals surface area contributed by atoms with E-state index in [1.165, 1.54) is 6.07 Å². The fraction of sp³-hybridized carbons (Fsp3) is 0.333. The van der Waals surface area contributed by atoms with Crippen molar-refractivity contribution in [1.29, 1.82) is 0 Å². The molecule has 0 atom stereocenters. The zero-order chi connectivity index (χ0) is 8.60. The third-order valence-corrected chi connectivity index (χ3v) is 2.90. The molecule has 1 saturated heterocycles. The van der Waals surface area contributed by atoms with Crippen LogP contribution < -0.4 is 0 Å². The first-order valence-electron chi connectivity index (χ1n) is 3.74. The topological polar surface area (TPSA) is 9.23 Å². The van der Waals surface area contributed by atoms with Crippen molar-refractivity contribution in [1.82, 2.24) is 0 Å². The number of hydrogen-bond donors (Lipinski definition) is 0. The van der Waals surface area contributed by atoms with Gasteiger partial charge < -0.3 is 4.74 Å². The molecule has 0 aromatic heterocycles. The van der Waals surface area contributed by atoms with E-state index in [4.69, 9.17) is 4.74 Å². The van der Waals surface area contributed by atoms with E-state index in [0.717, 1.165) is 0 Å². The fourth-order valence-electron chi connectivity index (χ4n) is 1.26. The quantitative estimate of drug-likeness (QED) is 0.674. The number of benzene rings is 1. The molecule has 0 amide bonds. The van der Waals surface area contributed by atoms with Gasteiger partial charge in [-0.3, -0.25) is 0 Å².